The predicted octanol–water partition coefficient (Wildman–Crippen LogP) is 2.08. The van der Waals surface area contributed by atoms with Crippen molar-refractivity contribution in [2.24, 2.45) is 0 Å². The van der Waals surface area contributed by atoms with E-state index in [4.69, 9.17) is 5.73 Å². The van der Waals surface area contributed by atoms with Crippen LogP contribution in [0.4, 0.5) is 5.82 Å². The zero-order valence-electron chi connectivity index (χ0n) is 10.2. The molecule has 0 bridgehead atoms. The summed E-state index contributed by atoms with van der Waals surface area (Å²) in [5, 5.41) is 4.01. The summed E-state index contributed by atoms with van der Waals surface area (Å²) in [5.74, 6) is 0.233. The molecule has 4 nitrogen and oxygen atoms in total. The van der Waals surface area contributed by atoms with E-state index in [1.807, 2.05) is 39.0 Å². The van der Waals surface area contributed by atoms with Gasteiger partial charge in [-0.1, -0.05) is 18.2 Å². The molecule has 0 saturated carbocycles. The first-order valence-corrected chi connectivity index (χ1v) is 5.43. The molecule has 17 heavy (non-hydrogen) atoms. The summed E-state index contributed by atoms with van der Waals surface area (Å²) in [4.78, 5) is 12.4. The average molecular weight is 229 g/mol. The van der Waals surface area contributed by atoms with Crippen LogP contribution < -0.4 is 5.73 Å². The molecule has 1 aromatic heterocycles. The molecule has 0 aliphatic rings. The Balaban J connectivity index is 2.55. The van der Waals surface area contributed by atoms with Crippen molar-refractivity contribution >= 4 is 11.7 Å². The number of aromatic nitrogens is 2. The van der Waals surface area contributed by atoms with Crippen LogP contribution in [0, 0.1) is 20.8 Å². The second kappa shape index (κ2) is 4.05. The van der Waals surface area contributed by atoms with Crippen molar-refractivity contribution in [2.45, 2.75) is 20.8 Å². The minimum atomic E-state index is -0.130. The molecule has 2 rings (SSSR count). The Bertz CT molecular complexity index is 564. The number of nitrogens with two attached hydrogens (primary N) is 1. The largest absolute Gasteiger partial charge is 0.382 e. The molecule has 0 aliphatic heterocycles. The summed E-state index contributed by atoms with van der Waals surface area (Å²) in [6, 6.07) is 7.46. The van der Waals surface area contributed by atoms with Gasteiger partial charge >= 0.3 is 0 Å². The van der Waals surface area contributed by atoms with Crippen LogP contribution in [-0.4, -0.2) is 15.7 Å². The fraction of sp³-hybridized carbons (Fsp3) is 0.231. The predicted molar refractivity (Wildman–Crippen MR) is 67.0 cm³/mol. The lowest BCUT2D eigenvalue weighted by molar-refractivity contribution is 0.0942. The molecule has 1 heterocycles. The van der Waals surface area contributed by atoms with Gasteiger partial charge in [0.05, 0.1) is 0 Å². The van der Waals surface area contributed by atoms with Crippen molar-refractivity contribution in [1.82, 2.24) is 9.78 Å². The summed E-state index contributed by atoms with van der Waals surface area (Å²) < 4.78 is 1.35. The van der Waals surface area contributed by atoms with Gasteiger partial charge in [-0.05, 0) is 31.9 Å². The number of hydrogen-bond donors (Lipinski definition) is 1. The Hall–Kier alpha value is -2.10. The summed E-state index contributed by atoms with van der Waals surface area (Å²) in [6.45, 7) is 5.65. The van der Waals surface area contributed by atoms with Gasteiger partial charge < -0.3 is 5.73 Å². The normalized spacial score (nSPS) is 10.5. The molecular weight excluding hydrogens is 214 g/mol. The van der Waals surface area contributed by atoms with Crippen LogP contribution in [0.1, 0.15) is 27.2 Å². The molecule has 0 radical (unpaired) electrons. The fourth-order valence-electron chi connectivity index (χ4n) is 1.96. The number of rotatable bonds is 1. The van der Waals surface area contributed by atoms with Gasteiger partial charge in [0.15, 0.2) is 0 Å². The number of nitrogens with zero attached hydrogens (tertiary/aromatic N) is 2. The van der Waals surface area contributed by atoms with E-state index in [0.717, 1.165) is 16.8 Å². The third-order valence-electron chi connectivity index (χ3n) is 2.79. The molecule has 0 aliphatic carbocycles. The Morgan fingerprint density at radius 2 is 1.82 bits per heavy atom. The number of hydrogen-bond acceptors (Lipinski definition) is 3. The molecule has 2 aromatic rings. The SMILES string of the molecule is Cc1cccc(C)c1C(=O)n1nc(N)cc1C. The molecule has 0 saturated heterocycles. The van der Waals surface area contributed by atoms with Crippen molar-refractivity contribution in [3.63, 3.8) is 0 Å². The standard InChI is InChI=1S/C13H15N3O/c1-8-5-4-6-9(2)12(8)13(17)16-10(3)7-11(14)15-16/h4-7H,1-3H3,(H2,14,15). The van der Waals surface area contributed by atoms with Crippen LogP contribution in [0.15, 0.2) is 24.3 Å². The second-order valence-electron chi connectivity index (χ2n) is 4.19. The maximum atomic E-state index is 12.4. The summed E-state index contributed by atoms with van der Waals surface area (Å²) in [7, 11) is 0. The van der Waals surface area contributed by atoms with Crippen molar-refractivity contribution in [2.75, 3.05) is 5.73 Å². The van der Waals surface area contributed by atoms with Gasteiger partial charge in [0, 0.05) is 17.3 Å². The lowest BCUT2D eigenvalue weighted by Crippen LogP contribution is -2.17. The molecule has 0 unspecified atom stereocenters. The van der Waals surface area contributed by atoms with Gasteiger partial charge in [-0.3, -0.25) is 4.79 Å². The molecule has 0 atom stereocenters. The highest BCUT2D eigenvalue weighted by molar-refractivity contribution is 5.98. The monoisotopic (exact) mass is 229 g/mol. The van der Waals surface area contributed by atoms with Crippen molar-refractivity contribution in [3.05, 3.63) is 46.6 Å². The van der Waals surface area contributed by atoms with Crippen LogP contribution >= 0.6 is 0 Å². The zero-order chi connectivity index (χ0) is 12.6. The average Bonchev–Trinajstić information content (AvgIpc) is 2.57. The minimum absolute atomic E-state index is 0.130. The molecular formula is C13H15N3O. The quantitative estimate of drug-likeness (QED) is 0.814. The lowest BCUT2D eigenvalue weighted by atomic mass is 10.0. The van der Waals surface area contributed by atoms with E-state index in [-0.39, 0.29) is 5.91 Å². The molecule has 4 heteroatoms. The van der Waals surface area contributed by atoms with E-state index < -0.39 is 0 Å². The smallest absolute Gasteiger partial charge is 0.278 e. The highest BCUT2D eigenvalue weighted by Crippen LogP contribution is 2.16. The van der Waals surface area contributed by atoms with E-state index in [1.54, 1.807) is 6.07 Å². The summed E-state index contributed by atoms with van der Waals surface area (Å²) >= 11 is 0. The number of aryl methyl sites for hydroxylation is 3. The van der Waals surface area contributed by atoms with E-state index in [9.17, 15) is 4.79 Å². The fourth-order valence-corrected chi connectivity index (χ4v) is 1.96. The van der Waals surface area contributed by atoms with E-state index in [0.29, 0.717) is 11.4 Å². The first-order chi connectivity index (χ1) is 8.00. The Kier molecular flexibility index (Phi) is 2.71. The molecule has 1 aromatic carbocycles. The number of anilines is 1. The first-order valence-electron chi connectivity index (χ1n) is 5.43. The Morgan fingerprint density at radius 3 is 2.29 bits per heavy atom. The topological polar surface area (TPSA) is 60.9 Å². The van der Waals surface area contributed by atoms with Crippen LogP contribution in [0.2, 0.25) is 0 Å². The third-order valence-corrected chi connectivity index (χ3v) is 2.79. The van der Waals surface area contributed by atoms with Crippen LogP contribution in [0.3, 0.4) is 0 Å². The van der Waals surface area contributed by atoms with Crippen molar-refractivity contribution < 1.29 is 4.79 Å². The van der Waals surface area contributed by atoms with Gasteiger partial charge in [-0.25, -0.2) is 0 Å². The highest BCUT2D eigenvalue weighted by atomic mass is 16.2. The van der Waals surface area contributed by atoms with Gasteiger partial charge in [-0.2, -0.15) is 4.68 Å². The molecule has 0 fully saturated rings. The maximum absolute atomic E-state index is 12.4. The van der Waals surface area contributed by atoms with Crippen LogP contribution in [0.5, 0.6) is 0 Å². The van der Waals surface area contributed by atoms with Gasteiger partial charge in [0.2, 0.25) is 0 Å². The Morgan fingerprint density at radius 1 is 1.24 bits per heavy atom. The third kappa shape index (κ3) is 1.93. The van der Waals surface area contributed by atoms with E-state index >= 15 is 0 Å². The lowest BCUT2D eigenvalue weighted by Gasteiger charge is -2.09. The van der Waals surface area contributed by atoms with Gasteiger partial charge in [-0.15, -0.1) is 5.10 Å². The maximum Gasteiger partial charge on any atom is 0.278 e. The molecule has 0 spiro atoms. The van der Waals surface area contributed by atoms with Crippen molar-refractivity contribution in [1.29, 1.82) is 0 Å². The summed E-state index contributed by atoms with van der Waals surface area (Å²) in [6.07, 6.45) is 0. The van der Waals surface area contributed by atoms with Crippen LogP contribution in [-0.2, 0) is 0 Å². The van der Waals surface area contributed by atoms with E-state index in [1.165, 1.54) is 4.68 Å². The first kappa shape index (κ1) is 11.4. The van der Waals surface area contributed by atoms with Gasteiger partial charge in [0.25, 0.3) is 5.91 Å². The van der Waals surface area contributed by atoms with E-state index in [2.05, 4.69) is 5.10 Å². The summed E-state index contributed by atoms with van der Waals surface area (Å²) in [5.41, 5.74) is 8.92. The molecule has 88 valence electrons. The number of benzene rings is 1. The minimum Gasteiger partial charge on any atom is -0.382 e. The van der Waals surface area contributed by atoms with Crippen LogP contribution in [0.25, 0.3) is 0 Å². The number of nitrogen functional groups attached to an aromatic ring is 1. The highest BCUT2D eigenvalue weighted by Gasteiger charge is 2.16. The second-order valence-corrected chi connectivity index (χ2v) is 4.19. The number of carbonyl (C=O) groups is 1. The van der Waals surface area contributed by atoms with Crippen molar-refractivity contribution in [3.8, 4) is 0 Å². The number of carbonyl (C=O) groups excluding carboxylic acids is 1. The molecule has 2 N–H and O–H groups in total. The van der Waals surface area contributed by atoms with Gasteiger partial charge in [0.1, 0.15) is 5.82 Å². The zero-order valence-corrected chi connectivity index (χ0v) is 10.2. The molecule has 0 amide bonds. The Labute approximate surface area is 100 Å².